The van der Waals surface area contributed by atoms with E-state index in [1.165, 1.54) is 24.0 Å². The molecule has 0 amide bonds. The fourth-order valence-electron chi connectivity index (χ4n) is 1.84. The highest BCUT2D eigenvalue weighted by molar-refractivity contribution is 7.08. The van der Waals surface area contributed by atoms with E-state index in [0.29, 0.717) is 12.0 Å². The Hall–Kier alpha value is -0.340. The lowest BCUT2D eigenvalue weighted by molar-refractivity contribution is 0.377. The van der Waals surface area contributed by atoms with Crippen LogP contribution in [0.5, 0.6) is 0 Å². The van der Waals surface area contributed by atoms with Gasteiger partial charge in [0.25, 0.3) is 0 Å². The van der Waals surface area contributed by atoms with Gasteiger partial charge in [0.05, 0.1) is 0 Å². The van der Waals surface area contributed by atoms with Crippen molar-refractivity contribution in [2.24, 2.45) is 5.92 Å². The summed E-state index contributed by atoms with van der Waals surface area (Å²) in [6, 6.07) is 0.543. The average Bonchev–Trinajstić information content (AvgIpc) is 2.65. The molecule has 0 aromatic carbocycles. The normalized spacial score (nSPS) is 15.2. The zero-order chi connectivity index (χ0) is 11.3. The lowest BCUT2D eigenvalue weighted by Crippen LogP contribution is -2.27. The zero-order valence-electron chi connectivity index (χ0n) is 10.3. The molecular formula is C13H23NS. The van der Waals surface area contributed by atoms with Crippen LogP contribution in [0, 0.1) is 12.8 Å². The topological polar surface area (TPSA) is 12.0 Å². The molecule has 2 heteroatoms. The summed E-state index contributed by atoms with van der Waals surface area (Å²) in [4.78, 5) is 0. The van der Waals surface area contributed by atoms with Crippen LogP contribution in [0.1, 0.15) is 50.8 Å². The van der Waals surface area contributed by atoms with Crippen molar-refractivity contribution in [3.8, 4) is 0 Å². The first-order valence-electron chi connectivity index (χ1n) is 5.96. The quantitative estimate of drug-likeness (QED) is 0.767. The smallest absolute Gasteiger partial charge is 0.0356 e. The van der Waals surface area contributed by atoms with Crippen molar-refractivity contribution in [1.29, 1.82) is 0 Å². The molecule has 0 spiro atoms. The summed E-state index contributed by atoms with van der Waals surface area (Å²) in [5.74, 6) is 0.713. The molecule has 15 heavy (non-hydrogen) atoms. The van der Waals surface area contributed by atoms with E-state index in [-0.39, 0.29) is 0 Å². The highest BCUT2D eigenvalue weighted by atomic mass is 32.1. The Labute approximate surface area is 97.9 Å². The van der Waals surface area contributed by atoms with Crippen LogP contribution in [0.25, 0.3) is 0 Å². The van der Waals surface area contributed by atoms with E-state index < -0.39 is 0 Å². The molecule has 1 heterocycles. The molecule has 0 radical (unpaired) electrons. The Bertz CT molecular complexity index is 280. The summed E-state index contributed by atoms with van der Waals surface area (Å²) >= 11 is 1.82. The van der Waals surface area contributed by atoms with Crippen molar-refractivity contribution in [2.45, 2.75) is 46.6 Å². The van der Waals surface area contributed by atoms with Crippen molar-refractivity contribution in [2.75, 3.05) is 6.54 Å². The molecule has 1 nitrogen and oxygen atoms in total. The Kier molecular flexibility index (Phi) is 5.34. The van der Waals surface area contributed by atoms with Crippen LogP contribution in [-0.4, -0.2) is 6.54 Å². The largest absolute Gasteiger partial charge is 0.310 e. The fourth-order valence-corrected chi connectivity index (χ4v) is 2.73. The van der Waals surface area contributed by atoms with E-state index in [9.17, 15) is 0 Å². The molecule has 0 aliphatic heterocycles. The first-order chi connectivity index (χ1) is 7.20. The fraction of sp³-hybridized carbons (Fsp3) is 0.692. The minimum Gasteiger partial charge on any atom is -0.310 e. The summed E-state index contributed by atoms with van der Waals surface area (Å²) in [6.45, 7) is 10.2. The SMILES string of the molecule is CCCNC(c1cscc1C)C(C)CC. The maximum Gasteiger partial charge on any atom is 0.0356 e. The molecule has 1 N–H and O–H groups in total. The van der Waals surface area contributed by atoms with Crippen LogP contribution in [0.15, 0.2) is 10.8 Å². The van der Waals surface area contributed by atoms with Crippen LogP contribution in [0.3, 0.4) is 0 Å². The van der Waals surface area contributed by atoms with Gasteiger partial charge in [-0.05, 0) is 47.7 Å². The van der Waals surface area contributed by atoms with E-state index >= 15 is 0 Å². The minimum atomic E-state index is 0.543. The highest BCUT2D eigenvalue weighted by Crippen LogP contribution is 2.29. The van der Waals surface area contributed by atoms with Crippen molar-refractivity contribution >= 4 is 11.3 Å². The third-order valence-corrected chi connectivity index (χ3v) is 3.94. The summed E-state index contributed by atoms with van der Waals surface area (Å²) in [6.07, 6.45) is 2.44. The second-order valence-electron chi connectivity index (χ2n) is 4.33. The van der Waals surface area contributed by atoms with E-state index in [4.69, 9.17) is 0 Å². The van der Waals surface area contributed by atoms with Crippen molar-refractivity contribution in [3.63, 3.8) is 0 Å². The molecule has 2 atom stereocenters. The Morgan fingerprint density at radius 2 is 2.07 bits per heavy atom. The average molecular weight is 225 g/mol. The highest BCUT2D eigenvalue weighted by Gasteiger charge is 2.19. The van der Waals surface area contributed by atoms with Crippen molar-refractivity contribution in [3.05, 3.63) is 21.9 Å². The third-order valence-electron chi connectivity index (χ3n) is 3.06. The third kappa shape index (κ3) is 3.32. The van der Waals surface area contributed by atoms with Crippen LogP contribution >= 0.6 is 11.3 Å². The van der Waals surface area contributed by atoms with Gasteiger partial charge in [0, 0.05) is 6.04 Å². The van der Waals surface area contributed by atoms with E-state index in [0.717, 1.165) is 6.54 Å². The molecule has 0 aliphatic rings. The number of hydrogen-bond donors (Lipinski definition) is 1. The van der Waals surface area contributed by atoms with Gasteiger partial charge in [0.1, 0.15) is 0 Å². The lowest BCUT2D eigenvalue weighted by atomic mass is 9.92. The molecular weight excluding hydrogens is 202 g/mol. The first kappa shape index (κ1) is 12.7. The number of hydrogen-bond acceptors (Lipinski definition) is 2. The Morgan fingerprint density at radius 1 is 1.33 bits per heavy atom. The first-order valence-corrected chi connectivity index (χ1v) is 6.91. The Balaban J connectivity index is 2.76. The van der Waals surface area contributed by atoms with Crippen LogP contribution < -0.4 is 5.32 Å². The van der Waals surface area contributed by atoms with Crippen molar-refractivity contribution < 1.29 is 0 Å². The molecule has 86 valence electrons. The van der Waals surface area contributed by atoms with Gasteiger partial charge >= 0.3 is 0 Å². The van der Waals surface area contributed by atoms with E-state index in [2.05, 4.69) is 43.8 Å². The number of thiophene rings is 1. The van der Waals surface area contributed by atoms with Crippen molar-refractivity contribution in [1.82, 2.24) is 5.32 Å². The molecule has 1 aromatic heterocycles. The van der Waals surface area contributed by atoms with Gasteiger partial charge in [-0.1, -0.05) is 27.2 Å². The minimum absolute atomic E-state index is 0.543. The summed E-state index contributed by atoms with van der Waals surface area (Å²) in [5.41, 5.74) is 2.94. The predicted octanol–water partition coefficient (Wildman–Crippen LogP) is 4.14. The van der Waals surface area contributed by atoms with Gasteiger partial charge in [-0.3, -0.25) is 0 Å². The monoisotopic (exact) mass is 225 g/mol. The van der Waals surface area contributed by atoms with Gasteiger partial charge in [-0.15, -0.1) is 0 Å². The van der Waals surface area contributed by atoms with Crippen LogP contribution in [0.4, 0.5) is 0 Å². The maximum atomic E-state index is 3.67. The van der Waals surface area contributed by atoms with E-state index in [1.807, 2.05) is 11.3 Å². The second kappa shape index (κ2) is 6.29. The van der Waals surface area contributed by atoms with Gasteiger partial charge in [0.2, 0.25) is 0 Å². The molecule has 0 saturated carbocycles. The standard InChI is InChI=1S/C13H23NS/c1-5-7-14-13(10(3)6-2)12-9-15-8-11(12)4/h8-10,13-14H,5-7H2,1-4H3. The molecule has 1 aromatic rings. The Morgan fingerprint density at radius 3 is 2.53 bits per heavy atom. The van der Waals surface area contributed by atoms with E-state index in [1.54, 1.807) is 0 Å². The number of aryl methyl sites for hydroxylation is 1. The number of rotatable bonds is 6. The number of nitrogens with one attached hydrogen (secondary N) is 1. The predicted molar refractivity (Wildman–Crippen MR) is 69.5 cm³/mol. The molecule has 0 bridgehead atoms. The molecule has 0 fully saturated rings. The van der Waals surface area contributed by atoms with Crippen LogP contribution in [0.2, 0.25) is 0 Å². The van der Waals surface area contributed by atoms with Gasteiger partial charge < -0.3 is 5.32 Å². The molecule has 0 saturated heterocycles. The summed E-state index contributed by atoms with van der Waals surface area (Å²) < 4.78 is 0. The molecule has 1 rings (SSSR count). The van der Waals surface area contributed by atoms with Gasteiger partial charge in [-0.25, -0.2) is 0 Å². The summed E-state index contributed by atoms with van der Waals surface area (Å²) in [5, 5.41) is 8.22. The van der Waals surface area contributed by atoms with Gasteiger partial charge in [0.15, 0.2) is 0 Å². The summed E-state index contributed by atoms with van der Waals surface area (Å²) in [7, 11) is 0. The van der Waals surface area contributed by atoms with Crippen LogP contribution in [-0.2, 0) is 0 Å². The second-order valence-corrected chi connectivity index (χ2v) is 5.07. The van der Waals surface area contributed by atoms with Gasteiger partial charge in [-0.2, -0.15) is 11.3 Å². The molecule has 0 aliphatic carbocycles. The zero-order valence-corrected chi connectivity index (χ0v) is 11.2. The lowest BCUT2D eigenvalue weighted by Gasteiger charge is -2.24. The maximum absolute atomic E-state index is 3.67. The molecule has 2 unspecified atom stereocenters.